The van der Waals surface area contributed by atoms with Gasteiger partial charge in [-0.25, -0.2) is 0 Å². The Balaban J connectivity index is 0.00000161. The van der Waals surface area contributed by atoms with Crippen LogP contribution in [-0.4, -0.2) is 19.4 Å². The third-order valence-corrected chi connectivity index (χ3v) is 3.60. The van der Waals surface area contributed by atoms with Crippen molar-refractivity contribution in [3.05, 3.63) is 64.7 Å². The maximum absolute atomic E-state index is 12.7. The number of nitrogens with one attached hydrogen (secondary N) is 1. The molecule has 0 aromatic heterocycles. The zero-order valence-corrected chi connectivity index (χ0v) is 12.7. The van der Waals surface area contributed by atoms with E-state index in [0.717, 1.165) is 29.7 Å². The number of hydrogen-bond donors (Lipinski definition) is 1. The normalized spacial score (nSPS) is 12.5. The van der Waals surface area contributed by atoms with Gasteiger partial charge < -0.3 is 10.1 Å². The molecule has 2 aromatic carbocycles. The summed E-state index contributed by atoms with van der Waals surface area (Å²) < 4.78 is 5.77. The fraction of sp³-hybridized carbons (Fsp3) is 0.235. The van der Waals surface area contributed by atoms with E-state index in [0.29, 0.717) is 17.9 Å². The lowest BCUT2D eigenvalue weighted by Gasteiger charge is -2.08. The van der Waals surface area contributed by atoms with Crippen LogP contribution in [0.1, 0.15) is 27.0 Å². The van der Waals surface area contributed by atoms with Crippen molar-refractivity contribution in [3.8, 4) is 5.75 Å². The Morgan fingerprint density at radius 2 is 1.95 bits per heavy atom. The predicted molar refractivity (Wildman–Crippen MR) is 85.5 cm³/mol. The van der Waals surface area contributed by atoms with Crippen molar-refractivity contribution in [2.45, 2.75) is 13.0 Å². The predicted octanol–water partition coefficient (Wildman–Crippen LogP) is 2.99. The van der Waals surface area contributed by atoms with E-state index >= 15 is 0 Å². The molecule has 110 valence electrons. The monoisotopic (exact) mass is 303 g/mol. The number of halogens is 1. The summed E-state index contributed by atoms with van der Waals surface area (Å²) in [7, 11) is 1.92. The van der Waals surface area contributed by atoms with Crippen LogP contribution < -0.4 is 10.1 Å². The minimum Gasteiger partial charge on any atom is -0.488 e. The SMILES string of the molecule is CNCCc1ccc2c(c1)C(=O)c1ccccc1CO2.Cl. The Hall–Kier alpha value is -1.84. The summed E-state index contributed by atoms with van der Waals surface area (Å²) in [5.74, 6) is 0.735. The van der Waals surface area contributed by atoms with E-state index in [1.165, 1.54) is 0 Å². The number of ketones is 1. The lowest BCUT2D eigenvalue weighted by Crippen LogP contribution is -2.11. The average Bonchev–Trinajstić information content (AvgIpc) is 2.63. The Labute approximate surface area is 130 Å². The first-order valence-electron chi connectivity index (χ1n) is 6.82. The van der Waals surface area contributed by atoms with Crippen LogP contribution in [0.25, 0.3) is 0 Å². The second-order valence-corrected chi connectivity index (χ2v) is 4.96. The molecule has 0 radical (unpaired) electrons. The number of likely N-dealkylation sites (N-methyl/N-ethyl adjacent to an activating group) is 1. The van der Waals surface area contributed by atoms with Crippen LogP contribution in [0.15, 0.2) is 42.5 Å². The van der Waals surface area contributed by atoms with Crippen molar-refractivity contribution in [2.75, 3.05) is 13.6 Å². The highest BCUT2D eigenvalue weighted by Gasteiger charge is 2.21. The van der Waals surface area contributed by atoms with Gasteiger partial charge in [0.25, 0.3) is 0 Å². The Morgan fingerprint density at radius 1 is 1.14 bits per heavy atom. The summed E-state index contributed by atoms with van der Waals surface area (Å²) in [6, 6.07) is 13.5. The summed E-state index contributed by atoms with van der Waals surface area (Å²) in [6.45, 7) is 1.34. The molecule has 0 saturated heterocycles. The molecule has 4 heteroatoms. The van der Waals surface area contributed by atoms with Crippen LogP contribution >= 0.6 is 12.4 Å². The fourth-order valence-corrected chi connectivity index (χ4v) is 2.47. The van der Waals surface area contributed by atoms with E-state index in [-0.39, 0.29) is 18.2 Å². The number of benzene rings is 2. The number of ether oxygens (including phenoxy) is 1. The highest BCUT2D eigenvalue weighted by Crippen LogP contribution is 2.29. The van der Waals surface area contributed by atoms with E-state index in [1.807, 2.05) is 49.5 Å². The highest BCUT2D eigenvalue weighted by molar-refractivity contribution is 6.12. The molecule has 0 spiro atoms. The number of rotatable bonds is 3. The van der Waals surface area contributed by atoms with Gasteiger partial charge in [0.15, 0.2) is 5.78 Å². The molecule has 0 saturated carbocycles. The van der Waals surface area contributed by atoms with Crippen LogP contribution in [-0.2, 0) is 13.0 Å². The van der Waals surface area contributed by atoms with Crippen molar-refractivity contribution in [1.29, 1.82) is 0 Å². The highest BCUT2D eigenvalue weighted by atomic mass is 35.5. The first-order chi connectivity index (χ1) is 9.79. The molecule has 3 rings (SSSR count). The molecular formula is C17H18ClNO2. The van der Waals surface area contributed by atoms with Crippen molar-refractivity contribution in [1.82, 2.24) is 5.32 Å². The summed E-state index contributed by atoms with van der Waals surface area (Å²) in [5.41, 5.74) is 3.51. The summed E-state index contributed by atoms with van der Waals surface area (Å²) in [5, 5.41) is 3.12. The van der Waals surface area contributed by atoms with Gasteiger partial charge >= 0.3 is 0 Å². The minimum atomic E-state index is 0. The Bertz CT molecular complexity index is 655. The van der Waals surface area contributed by atoms with Crippen LogP contribution in [0.3, 0.4) is 0 Å². The first-order valence-corrected chi connectivity index (χ1v) is 6.82. The molecule has 2 aromatic rings. The molecule has 0 fully saturated rings. The lowest BCUT2D eigenvalue weighted by atomic mass is 9.97. The minimum absolute atomic E-state index is 0. The van der Waals surface area contributed by atoms with Crippen molar-refractivity contribution < 1.29 is 9.53 Å². The van der Waals surface area contributed by atoms with Gasteiger partial charge in [0.1, 0.15) is 12.4 Å². The number of hydrogen-bond acceptors (Lipinski definition) is 3. The quantitative estimate of drug-likeness (QED) is 0.947. The van der Waals surface area contributed by atoms with Crippen LogP contribution in [0.4, 0.5) is 0 Å². The zero-order chi connectivity index (χ0) is 13.9. The third kappa shape index (κ3) is 3.09. The Kier molecular flexibility index (Phi) is 4.99. The van der Waals surface area contributed by atoms with Gasteiger partial charge in [-0.3, -0.25) is 4.79 Å². The molecule has 3 nitrogen and oxygen atoms in total. The van der Waals surface area contributed by atoms with Gasteiger partial charge in [-0.15, -0.1) is 12.4 Å². The second-order valence-electron chi connectivity index (χ2n) is 4.96. The lowest BCUT2D eigenvalue weighted by molar-refractivity contribution is 0.103. The molecule has 1 aliphatic rings. The number of carbonyl (C=O) groups is 1. The maximum atomic E-state index is 12.7. The summed E-state index contributed by atoms with van der Waals surface area (Å²) in [4.78, 5) is 12.7. The molecule has 0 amide bonds. The second kappa shape index (κ2) is 6.74. The molecule has 1 N–H and O–H groups in total. The molecular weight excluding hydrogens is 286 g/mol. The van der Waals surface area contributed by atoms with Gasteiger partial charge in [-0.1, -0.05) is 30.3 Å². The van der Waals surface area contributed by atoms with E-state index in [1.54, 1.807) is 0 Å². The van der Waals surface area contributed by atoms with Gasteiger partial charge in [-0.05, 0) is 37.7 Å². The van der Waals surface area contributed by atoms with E-state index in [2.05, 4.69) is 5.32 Å². The molecule has 0 bridgehead atoms. The molecule has 0 atom stereocenters. The topological polar surface area (TPSA) is 38.3 Å². The molecule has 21 heavy (non-hydrogen) atoms. The first kappa shape index (κ1) is 15.5. The maximum Gasteiger partial charge on any atom is 0.197 e. The fourth-order valence-electron chi connectivity index (χ4n) is 2.47. The summed E-state index contributed by atoms with van der Waals surface area (Å²) in [6.07, 6.45) is 0.901. The standard InChI is InChI=1S/C17H17NO2.ClH/c1-18-9-8-12-6-7-16-15(10-12)17(19)14-5-3-2-4-13(14)11-20-16;/h2-7,10,18H,8-9,11H2,1H3;1H. The molecule has 0 unspecified atom stereocenters. The average molecular weight is 304 g/mol. The van der Waals surface area contributed by atoms with Gasteiger partial charge in [0.05, 0.1) is 5.56 Å². The van der Waals surface area contributed by atoms with Crippen molar-refractivity contribution >= 4 is 18.2 Å². The van der Waals surface area contributed by atoms with Crippen molar-refractivity contribution in [3.63, 3.8) is 0 Å². The van der Waals surface area contributed by atoms with E-state index < -0.39 is 0 Å². The van der Waals surface area contributed by atoms with Gasteiger partial charge in [0, 0.05) is 11.1 Å². The molecule has 0 aliphatic carbocycles. The Morgan fingerprint density at radius 3 is 2.76 bits per heavy atom. The molecule has 1 aliphatic heterocycles. The summed E-state index contributed by atoms with van der Waals surface area (Å²) >= 11 is 0. The van der Waals surface area contributed by atoms with E-state index in [9.17, 15) is 4.79 Å². The zero-order valence-electron chi connectivity index (χ0n) is 11.9. The van der Waals surface area contributed by atoms with Crippen LogP contribution in [0, 0.1) is 0 Å². The number of fused-ring (bicyclic) bond motifs is 2. The van der Waals surface area contributed by atoms with Gasteiger partial charge in [0.2, 0.25) is 0 Å². The van der Waals surface area contributed by atoms with E-state index in [4.69, 9.17) is 4.74 Å². The van der Waals surface area contributed by atoms with Crippen molar-refractivity contribution in [2.24, 2.45) is 0 Å². The molecule has 1 heterocycles. The smallest absolute Gasteiger partial charge is 0.197 e. The third-order valence-electron chi connectivity index (χ3n) is 3.60. The van der Waals surface area contributed by atoms with Crippen LogP contribution in [0.5, 0.6) is 5.75 Å². The number of carbonyl (C=O) groups excluding carboxylic acids is 1. The largest absolute Gasteiger partial charge is 0.488 e. The van der Waals surface area contributed by atoms with Crippen LogP contribution in [0.2, 0.25) is 0 Å². The van der Waals surface area contributed by atoms with Gasteiger partial charge in [-0.2, -0.15) is 0 Å².